The Hall–Kier alpha value is -1.96. The quantitative estimate of drug-likeness (QED) is 0.668. The van der Waals surface area contributed by atoms with E-state index in [1.54, 1.807) is 11.0 Å². The van der Waals surface area contributed by atoms with E-state index in [9.17, 15) is 13.2 Å². The van der Waals surface area contributed by atoms with E-state index >= 15 is 0 Å². The summed E-state index contributed by atoms with van der Waals surface area (Å²) in [5.41, 5.74) is 3.71. The van der Waals surface area contributed by atoms with Crippen molar-refractivity contribution in [3.8, 4) is 0 Å². The fourth-order valence-corrected chi connectivity index (χ4v) is 6.56. The van der Waals surface area contributed by atoms with Gasteiger partial charge >= 0.3 is 0 Å². The van der Waals surface area contributed by atoms with Crippen molar-refractivity contribution in [2.24, 2.45) is 0 Å². The molecule has 0 saturated carbocycles. The van der Waals surface area contributed by atoms with Gasteiger partial charge in [-0.2, -0.15) is 4.31 Å². The normalized spacial score (nSPS) is 19.8. The van der Waals surface area contributed by atoms with Crippen molar-refractivity contribution in [1.29, 1.82) is 0 Å². The maximum absolute atomic E-state index is 13.6. The Morgan fingerprint density at radius 3 is 2.52 bits per heavy atom. The molecule has 5 nitrogen and oxygen atoms in total. The molecule has 2 aliphatic rings. The van der Waals surface area contributed by atoms with E-state index in [0.717, 1.165) is 16.7 Å². The van der Waals surface area contributed by atoms with Crippen molar-refractivity contribution in [3.63, 3.8) is 0 Å². The molecule has 0 bridgehead atoms. The Kier molecular flexibility index (Phi) is 5.40. The van der Waals surface area contributed by atoms with Crippen LogP contribution in [-0.4, -0.2) is 37.8 Å². The molecule has 0 fully saturated rings. The highest BCUT2D eigenvalue weighted by molar-refractivity contribution is 9.10. The van der Waals surface area contributed by atoms with Gasteiger partial charge in [-0.25, -0.2) is 8.42 Å². The maximum Gasteiger partial charge on any atom is 0.245 e. The van der Waals surface area contributed by atoms with Crippen LogP contribution in [-0.2, 0) is 21.2 Å². The van der Waals surface area contributed by atoms with Gasteiger partial charge in [0.1, 0.15) is 4.90 Å². The van der Waals surface area contributed by atoms with Gasteiger partial charge < -0.3 is 4.90 Å². The van der Waals surface area contributed by atoms with Gasteiger partial charge in [0.05, 0.1) is 5.69 Å². The molecule has 0 radical (unpaired) electrons. The first kappa shape index (κ1) is 20.3. The van der Waals surface area contributed by atoms with Gasteiger partial charge in [-0.3, -0.25) is 4.79 Å². The summed E-state index contributed by atoms with van der Waals surface area (Å²) < 4.78 is 29.3. The smallest absolute Gasteiger partial charge is 0.245 e. The topological polar surface area (TPSA) is 57.7 Å². The van der Waals surface area contributed by atoms with Crippen LogP contribution in [0.5, 0.6) is 0 Å². The lowest BCUT2D eigenvalue weighted by molar-refractivity contribution is -0.116. The summed E-state index contributed by atoms with van der Waals surface area (Å²) in [6.07, 6.45) is 3.29. The lowest BCUT2D eigenvalue weighted by Gasteiger charge is -2.29. The van der Waals surface area contributed by atoms with E-state index in [-0.39, 0.29) is 16.8 Å². The van der Waals surface area contributed by atoms with Crippen molar-refractivity contribution in [1.82, 2.24) is 4.31 Å². The number of hydrogen-bond acceptors (Lipinski definition) is 3. The number of amides is 1. The predicted octanol–water partition coefficient (Wildman–Crippen LogP) is 4.22. The number of carbonyl (C=O) groups excluding carboxylic acids is 1. The van der Waals surface area contributed by atoms with Crippen LogP contribution in [0.15, 0.2) is 57.9 Å². The number of fused-ring (bicyclic) bond motifs is 1. The largest absolute Gasteiger partial charge is 0.308 e. The summed E-state index contributed by atoms with van der Waals surface area (Å²) in [5, 5.41) is 0. The molecule has 0 aromatic heterocycles. The monoisotopic (exact) mass is 474 g/mol. The SMILES string of the molecule is CC(=O)N1c2c(cc(Br)cc2S(=O)(=O)N2CC=C(c3ccccc3)CC2)CC1C. The Morgan fingerprint density at radius 2 is 1.90 bits per heavy atom. The zero-order valence-electron chi connectivity index (χ0n) is 16.4. The Morgan fingerprint density at radius 1 is 1.17 bits per heavy atom. The summed E-state index contributed by atoms with van der Waals surface area (Å²) in [5.74, 6) is -0.139. The molecule has 29 heavy (non-hydrogen) atoms. The van der Waals surface area contributed by atoms with Gasteiger partial charge in [0.2, 0.25) is 15.9 Å². The van der Waals surface area contributed by atoms with Crippen molar-refractivity contribution in [2.75, 3.05) is 18.0 Å². The second kappa shape index (κ2) is 7.70. The van der Waals surface area contributed by atoms with Crippen LogP contribution >= 0.6 is 15.9 Å². The van der Waals surface area contributed by atoms with E-state index < -0.39 is 10.0 Å². The van der Waals surface area contributed by atoms with E-state index in [1.165, 1.54) is 11.2 Å². The molecule has 4 rings (SSSR count). The summed E-state index contributed by atoms with van der Waals surface area (Å²) in [7, 11) is -3.74. The highest BCUT2D eigenvalue weighted by Gasteiger charge is 2.37. The third kappa shape index (κ3) is 3.67. The lowest BCUT2D eigenvalue weighted by atomic mass is 10.0. The van der Waals surface area contributed by atoms with Crippen LogP contribution in [0.4, 0.5) is 5.69 Å². The van der Waals surface area contributed by atoms with Crippen molar-refractivity contribution in [2.45, 2.75) is 37.6 Å². The lowest BCUT2D eigenvalue weighted by Crippen LogP contribution is -2.38. The molecule has 0 aliphatic carbocycles. The standard InChI is InChI=1S/C22H23BrN2O3S/c1-15-12-19-13-20(23)14-21(22(19)25(15)16(2)26)29(27,28)24-10-8-18(9-11-24)17-6-4-3-5-7-17/h3-8,13-15H,9-12H2,1-2H3. The molecule has 7 heteroatoms. The van der Waals surface area contributed by atoms with E-state index in [4.69, 9.17) is 0 Å². The summed E-state index contributed by atoms with van der Waals surface area (Å²) in [4.78, 5) is 14.1. The van der Waals surface area contributed by atoms with E-state index in [2.05, 4.69) is 15.9 Å². The number of benzene rings is 2. The molecule has 2 aliphatic heterocycles. The number of hydrogen-bond donors (Lipinski definition) is 0. The molecule has 2 heterocycles. The zero-order chi connectivity index (χ0) is 20.8. The van der Waals surface area contributed by atoms with Crippen LogP contribution in [0, 0.1) is 0 Å². The minimum absolute atomic E-state index is 0.0586. The van der Waals surface area contributed by atoms with Crippen LogP contribution in [0.1, 0.15) is 31.4 Å². The van der Waals surface area contributed by atoms with Gasteiger partial charge in [-0.15, -0.1) is 0 Å². The minimum atomic E-state index is -3.74. The average Bonchev–Trinajstić information content (AvgIpc) is 3.03. The third-order valence-corrected chi connectivity index (χ3v) is 7.93. The first-order valence-electron chi connectivity index (χ1n) is 9.66. The molecule has 2 aromatic carbocycles. The van der Waals surface area contributed by atoms with Crippen LogP contribution < -0.4 is 4.90 Å². The second-order valence-electron chi connectivity index (χ2n) is 7.56. The number of nitrogens with zero attached hydrogens (tertiary/aromatic N) is 2. The molecule has 0 spiro atoms. The second-order valence-corrected chi connectivity index (χ2v) is 10.4. The Labute approximate surface area is 180 Å². The van der Waals surface area contributed by atoms with Crippen LogP contribution in [0.3, 0.4) is 0 Å². The van der Waals surface area contributed by atoms with Crippen LogP contribution in [0.25, 0.3) is 5.57 Å². The molecule has 2 aromatic rings. The van der Waals surface area contributed by atoms with Gasteiger partial charge in [0.15, 0.2) is 0 Å². The van der Waals surface area contributed by atoms with Crippen molar-refractivity contribution < 1.29 is 13.2 Å². The molecule has 152 valence electrons. The summed E-state index contributed by atoms with van der Waals surface area (Å²) in [6.45, 7) is 4.17. The first-order valence-corrected chi connectivity index (χ1v) is 11.9. The number of sulfonamides is 1. The highest BCUT2D eigenvalue weighted by atomic mass is 79.9. The molecule has 0 saturated heterocycles. The average molecular weight is 475 g/mol. The fraction of sp³-hybridized carbons (Fsp3) is 0.318. The fourth-order valence-electron chi connectivity index (χ4n) is 4.27. The first-order chi connectivity index (χ1) is 13.8. The number of rotatable bonds is 3. The van der Waals surface area contributed by atoms with Gasteiger partial charge in [-0.1, -0.05) is 52.3 Å². The molecular weight excluding hydrogens is 452 g/mol. The van der Waals surface area contributed by atoms with Gasteiger partial charge in [0, 0.05) is 30.5 Å². The van der Waals surface area contributed by atoms with Crippen molar-refractivity contribution in [3.05, 3.63) is 64.1 Å². The number of anilines is 1. The van der Waals surface area contributed by atoms with Gasteiger partial charge in [-0.05, 0) is 48.6 Å². The summed E-state index contributed by atoms with van der Waals surface area (Å²) in [6, 6.07) is 13.5. The molecular formula is C22H23BrN2O3S. The number of halogens is 1. The highest BCUT2D eigenvalue weighted by Crippen LogP contribution is 2.41. The molecule has 1 amide bonds. The minimum Gasteiger partial charge on any atom is -0.308 e. The third-order valence-electron chi connectivity index (χ3n) is 5.59. The summed E-state index contributed by atoms with van der Waals surface area (Å²) >= 11 is 3.45. The van der Waals surface area contributed by atoms with Crippen molar-refractivity contribution >= 4 is 43.1 Å². The Bertz CT molecular complexity index is 1100. The molecule has 1 unspecified atom stereocenters. The number of carbonyl (C=O) groups is 1. The molecule has 0 N–H and O–H groups in total. The van der Waals surface area contributed by atoms with Gasteiger partial charge in [0.25, 0.3) is 0 Å². The zero-order valence-corrected chi connectivity index (χ0v) is 18.8. The maximum atomic E-state index is 13.6. The van der Waals surface area contributed by atoms with Crippen LogP contribution in [0.2, 0.25) is 0 Å². The predicted molar refractivity (Wildman–Crippen MR) is 118 cm³/mol. The Balaban J connectivity index is 1.71. The van der Waals surface area contributed by atoms with E-state index in [0.29, 0.717) is 36.1 Å². The molecule has 1 atom stereocenters. The van der Waals surface area contributed by atoms with E-state index in [1.807, 2.05) is 49.4 Å².